The molecular weight excluding hydrogens is 408 g/mol. The van der Waals surface area contributed by atoms with Gasteiger partial charge in [0, 0.05) is 18.7 Å². The number of nitrogens with zero attached hydrogens (tertiary/aromatic N) is 1. The van der Waals surface area contributed by atoms with Crippen molar-refractivity contribution in [2.75, 3.05) is 13.1 Å². The molecule has 1 saturated heterocycles. The number of benzene rings is 3. The number of hydrogen-bond acceptors (Lipinski definition) is 2. The smallest absolute Gasteiger partial charge is 0.374 e. The average Bonchev–Trinajstić information content (AvgIpc) is 2.71. The number of aliphatic hydroxyl groups excluding tert-OH is 1. The van der Waals surface area contributed by atoms with Gasteiger partial charge >= 0.3 is 12.4 Å². The third kappa shape index (κ3) is 3.86. The Hall–Kier alpha value is -2.32. The molecular formula is C22H19F6NO. The lowest BCUT2D eigenvalue weighted by Crippen LogP contribution is -2.33. The zero-order chi connectivity index (χ0) is 21.7. The molecule has 1 aliphatic rings. The molecule has 30 heavy (non-hydrogen) atoms. The van der Waals surface area contributed by atoms with E-state index in [0.717, 1.165) is 43.5 Å². The van der Waals surface area contributed by atoms with Crippen molar-refractivity contribution >= 4 is 21.5 Å². The number of aliphatic hydroxyl groups is 1. The van der Waals surface area contributed by atoms with Crippen LogP contribution in [0.4, 0.5) is 26.3 Å². The van der Waals surface area contributed by atoms with E-state index in [9.17, 15) is 31.4 Å². The van der Waals surface area contributed by atoms with Crippen molar-refractivity contribution in [1.29, 1.82) is 0 Å². The molecule has 0 amide bonds. The summed E-state index contributed by atoms with van der Waals surface area (Å²) in [6.07, 6.45) is -7.46. The number of hydrogen-bond donors (Lipinski definition) is 1. The Morgan fingerprint density at radius 2 is 1.27 bits per heavy atom. The zero-order valence-electron chi connectivity index (χ0n) is 15.8. The molecule has 1 aliphatic heterocycles. The SMILES string of the molecule is OC(c1cc2ccc(C(F)(F)F)cc2c2cc(C(F)(F)F)ccc12)N1CCCCC1. The van der Waals surface area contributed by atoms with Crippen LogP contribution < -0.4 is 0 Å². The molecule has 1 fully saturated rings. The van der Waals surface area contributed by atoms with Gasteiger partial charge in [0.05, 0.1) is 11.1 Å². The van der Waals surface area contributed by atoms with Crippen LogP contribution in [0.2, 0.25) is 0 Å². The summed E-state index contributed by atoms with van der Waals surface area (Å²) in [5, 5.41) is 11.7. The molecule has 1 atom stereocenters. The maximum Gasteiger partial charge on any atom is 0.416 e. The molecule has 3 aromatic rings. The van der Waals surface area contributed by atoms with Gasteiger partial charge in [-0.25, -0.2) is 0 Å². The molecule has 1 unspecified atom stereocenters. The van der Waals surface area contributed by atoms with E-state index < -0.39 is 29.7 Å². The second-order valence-electron chi connectivity index (χ2n) is 7.63. The van der Waals surface area contributed by atoms with E-state index in [0.29, 0.717) is 29.4 Å². The number of fused-ring (bicyclic) bond motifs is 3. The molecule has 0 aromatic heterocycles. The second kappa shape index (κ2) is 7.42. The van der Waals surface area contributed by atoms with E-state index in [1.807, 2.05) is 4.90 Å². The van der Waals surface area contributed by atoms with Crippen molar-refractivity contribution in [1.82, 2.24) is 4.90 Å². The van der Waals surface area contributed by atoms with Gasteiger partial charge in [-0.3, -0.25) is 4.90 Å². The van der Waals surface area contributed by atoms with E-state index in [1.54, 1.807) is 6.07 Å². The highest BCUT2D eigenvalue weighted by Crippen LogP contribution is 2.40. The van der Waals surface area contributed by atoms with Crippen molar-refractivity contribution in [3.05, 3.63) is 59.2 Å². The van der Waals surface area contributed by atoms with Gasteiger partial charge in [0.1, 0.15) is 6.23 Å². The van der Waals surface area contributed by atoms with E-state index in [4.69, 9.17) is 0 Å². The highest BCUT2D eigenvalue weighted by Gasteiger charge is 2.33. The largest absolute Gasteiger partial charge is 0.416 e. The molecule has 2 nitrogen and oxygen atoms in total. The molecule has 1 N–H and O–H groups in total. The first kappa shape index (κ1) is 20.9. The van der Waals surface area contributed by atoms with Gasteiger partial charge in [-0.05, 0) is 64.7 Å². The summed E-state index contributed by atoms with van der Waals surface area (Å²) in [4.78, 5) is 1.84. The Labute approximate surface area is 168 Å². The molecule has 4 rings (SSSR count). The van der Waals surface area contributed by atoms with E-state index in [1.165, 1.54) is 12.1 Å². The van der Waals surface area contributed by atoms with Gasteiger partial charge in [-0.15, -0.1) is 0 Å². The molecule has 0 saturated carbocycles. The van der Waals surface area contributed by atoms with Crippen LogP contribution in [0.15, 0.2) is 42.5 Å². The quantitative estimate of drug-likeness (QED) is 0.372. The Morgan fingerprint density at radius 3 is 1.87 bits per heavy atom. The molecule has 0 aliphatic carbocycles. The van der Waals surface area contributed by atoms with Gasteiger partial charge in [-0.2, -0.15) is 26.3 Å². The molecule has 0 radical (unpaired) electrons. The lowest BCUT2D eigenvalue weighted by Gasteiger charge is -2.32. The zero-order valence-corrected chi connectivity index (χ0v) is 15.8. The number of rotatable bonds is 2. The maximum absolute atomic E-state index is 13.3. The van der Waals surface area contributed by atoms with Crippen LogP contribution in [0.1, 0.15) is 42.2 Å². The summed E-state index contributed by atoms with van der Waals surface area (Å²) in [5.74, 6) is 0. The molecule has 160 valence electrons. The van der Waals surface area contributed by atoms with Crippen LogP contribution in [-0.4, -0.2) is 23.1 Å². The van der Waals surface area contributed by atoms with Crippen LogP contribution in [0.25, 0.3) is 21.5 Å². The van der Waals surface area contributed by atoms with Crippen molar-refractivity contribution in [2.45, 2.75) is 37.8 Å². The molecule has 0 bridgehead atoms. The van der Waals surface area contributed by atoms with Crippen LogP contribution in [0.5, 0.6) is 0 Å². The average molecular weight is 427 g/mol. The highest BCUT2D eigenvalue weighted by molar-refractivity contribution is 6.09. The van der Waals surface area contributed by atoms with Crippen molar-refractivity contribution < 1.29 is 31.4 Å². The van der Waals surface area contributed by atoms with Gasteiger partial charge < -0.3 is 5.11 Å². The Balaban J connectivity index is 1.98. The second-order valence-corrected chi connectivity index (χ2v) is 7.63. The minimum Gasteiger partial charge on any atom is -0.374 e. The monoisotopic (exact) mass is 427 g/mol. The van der Waals surface area contributed by atoms with Crippen LogP contribution in [0, 0.1) is 0 Å². The number of likely N-dealkylation sites (tertiary alicyclic amines) is 1. The highest BCUT2D eigenvalue weighted by atomic mass is 19.4. The lowest BCUT2D eigenvalue weighted by molar-refractivity contribution is -0.138. The standard InChI is InChI=1S/C22H19F6NO/c23-21(24,25)14-5-4-13-10-19(20(30)29-8-2-1-3-9-29)16-7-6-15(22(26,27)28)12-18(16)17(13)11-14/h4-7,10-12,20,30H,1-3,8-9H2. The normalized spacial score (nSPS) is 17.6. The fraction of sp³-hybridized carbons (Fsp3) is 0.364. The first-order chi connectivity index (χ1) is 14.1. The van der Waals surface area contributed by atoms with Crippen molar-refractivity contribution in [3.8, 4) is 0 Å². The Kier molecular flexibility index (Phi) is 5.18. The van der Waals surface area contributed by atoms with Crippen LogP contribution >= 0.6 is 0 Å². The van der Waals surface area contributed by atoms with E-state index in [-0.39, 0.29) is 10.8 Å². The molecule has 8 heteroatoms. The number of halogens is 6. The fourth-order valence-corrected chi connectivity index (χ4v) is 4.11. The van der Waals surface area contributed by atoms with Crippen LogP contribution in [0.3, 0.4) is 0 Å². The predicted molar refractivity (Wildman–Crippen MR) is 102 cm³/mol. The molecule has 1 heterocycles. The van der Waals surface area contributed by atoms with Crippen LogP contribution in [-0.2, 0) is 12.4 Å². The van der Waals surface area contributed by atoms with Crippen molar-refractivity contribution in [3.63, 3.8) is 0 Å². The first-order valence-corrected chi connectivity index (χ1v) is 9.62. The Morgan fingerprint density at radius 1 is 0.700 bits per heavy atom. The summed E-state index contributed by atoms with van der Waals surface area (Å²) in [6, 6.07) is 7.58. The summed E-state index contributed by atoms with van der Waals surface area (Å²) in [7, 11) is 0. The summed E-state index contributed by atoms with van der Waals surface area (Å²) >= 11 is 0. The van der Waals surface area contributed by atoms with Gasteiger partial charge in [0.2, 0.25) is 0 Å². The lowest BCUT2D eigenvalue weighted by atomic mass is 9.93. The minimum absolute atomic E-state index is 0.0412. The summed E-state index contributed by atoms with van der Waals surface area (Å²) in [5.41, 5.74) is -1.48. The topological polar surface area (TPSA) is 23.5 Å². The van der Waals surface area contributed by atoms with Crippen molar-refractivity contribution in [2.24, 2.45) is 0 Å². The maximum atomic E-state index is 13.3. The third-order valence-corrected chi connectivity index (χ3v) is 5.65. The van der Waals surface area contributed by atoms with Gasteiger partial charge in [0.25, 0.3) is 0 Å². The summed E-state index contributed by atoms with van der Waals surface area (Å²) in [6.45, 7) is 1.29. The van der Waals surface area contributed by atoms with Gasteiger partial charge in [-0.1, -0.05) is 18.6 Å². The number of alkyl halides is 6. The Bertz CT molecular complexity index is 1080. The molecule has 0 spiro atoms. The summed E-state index contributed by atoms with van der Waals surface area (Å²) < 4.78 is 79.5. The predicted octanol–water partition coefficient (Wildman–Crippen LogP) is 6.51. The third-order valence-electron chi connectivity index (χ3n) is 5.65. The minimum atomic E-state index is -4.64. The fourth-order valence-electron chi connectivity index (χ4n) is 4.11. The van der Waals surface area contributed by atoms with E-state index in [2.05, 4.69) is 0 Å². The first-order valence-electron chi connectivity index (χ1n) is 9.62. The number of piperidine rings is 1. The van der Waals surface area contributed by atoms with Gasteiger partial charge in [0.15, 0.2) is 0 Å². The van der Waals surface area contributed by atoms with E-state index >= 15 is 0 Å². The molecule has 3 aromatic carbocycles.